The van der Waals surface area contributed by atoms with Crippen LogP contribution in [0.4, 0.5) is 0 Å². The van der Waals surface area contributed by atoms with Gasteiger partial charge in [0.2, 0.25) is 0 Å². The molecule has 0 spiro atoms. The average molecular weight is 215 g/mol. The summed E-state index contributed by atoms with van der Waals surface area (Å²) >= 11 is 0. The van der Waals surface area contributed by atoms with Gasteiger partial charge in [0.05, 0.1) is 6.61 Å². The van der Waals surface area contributed by atoms with Crippen molar-refractivity contribution in [3.63, 3.8) is 0 Å². The van der Waals surface area contributed by atoms with Crippen LogP contribution in [0.3, 0.4) is 0 Å². The minimum atomic E-state index is 0.711. The van der Waals surface area contributed by atoms with Crippen LogP contribution in [0.5, 0.6) is 5.75 Å². The molecule has 0 saturated heterocycles. The van der Waals surface area contributed by atoms with Gasteiger partial charge in [0.1, 0.15) is 5.75 Å². The Morgan fingerprint density at radius 1 is 1.06 bits per heavy atom. The third kappa shape index (κ3) is 1.96. The first-order valence-electron chi connectivity index (χ1n) is 5.58. The molecule has 1 aromatic carbocycles. The van der Waals surface area contributed by atoms with E-state index < -0.39 is 0 Å². The zero-order chi connectivity index (χ0) is 11.5. The van der Waals surface area contributed by atoms with Crippen molar-refractivity contribution in [3.05, 3.63) is 42.1 Å². The lowest BCUT2D eigenvalue weighted by Crippen LogP contribution is -1.94. The van der Waals surface area contributed by atoms with Gasteiger partial charge in [0.15, 0.2) is 0 Å². The Labute approximate surface area is 96.5 Å². The summed E-state index contributed by atoms with van der Waals surface area (Å²) in [5.41, 5.74) is 3.73. The smallest absolute Gasteiger partial charge is 0.119 e. The van der Waals surface area contributed by atoms with Crippen molar-refractivity contribution >= 4 is 0 Å². The van der Waals surface area contributed by atoms with Crippen molar-refractivity contribution < 1.29 is 4.74 Å². The Morgan fingerprint density at radius 2 is 1.75 bits per heavy atom. The second kappa shape index (κ2) is 4.44. The van der Waals surface area contributed by atoms with Gasteiger partial charge in [-0.15, -0.1) is 0 Å². The second-order valence-corrected chi connectivity index (χ2v) is 3.88. The predicted molar refractivity (Wildman–Crippen MR) is 66.8 cm³/mol. The van der Waals surface area contributed by atoms with E-state index in [1.807, 2.05) is 19.1 Å². The minimum absolute atomic E-state index is 0.711. The van der Waals surface area contributed by atoms with Crippen molar-refractivity contribution in [2.75, 3.05) is 6.61 Å². The summed E-state index contributed by atoms with van der Waals surface area (Å²) in [5, 5.41) is 0. The first-order valence-corrected chi connectivity index (χ1v) is 5.58. The highest BCUT2D eigenvalue weighted by atomic mass is 16.5. The minimum Gasteiger partial charge on any atom is -0.494 e. The maximum Gasteiger partial charge on any atom is 0.119 e. The van der Waals surface area contributed by atoms with E-state index >= 15 is 0 Å². The third-order valence-corrected chi connectivity index (χ3v) is 2.83. The number of rotatable bonds is 3. The SMILES string of the molecule is CCOc1ccc(-c2ccc(C)n2C)cc1. The topological polar surface area (TPSA) is 14.2 Å². The predicted octanol–water partition coefficient (Wildman–Crippen LogP) is 3.40. The highest BCUT2D eigenvalue weighted by molar-refractivity contribution is 5.61. The van der Waals surface area contributed by atoms with Gasteiger partial charge < -0.3 is 9.30 Å². The monoisotopic (exact) mass is 215 g/mol. The van der Waals surface area contributed by atoms with E-state index in [1.54, 1.807) is 0 Å². The quantitative estimate of drug-likeness (QED) is 0.765. The van der Waals surface area contributed by atoms with E-state index in [4.69, 9.17) is 4.74 Å². The van der Waals surface area contributed by atoms with E-state index in [9.17, 15) is 0 Å². The summed E-state index contributed by atoms with van der Waals surface area (Å²) in [4.78, 5) is 0. The lowest BCUT2D eigenvalue weighted by Gasteiger charge is -2.07. The first kappa shape index (κ1) is 10.8. The standard InChI is InChI=1S/C14H17NO/c1-4-16-13-8-6-12(7-9-13)14-10-5-11(2)15(14)3/h5-10H,4H2,1-3H3. The van der Waals surface area contributed by atoms with E-state index in [1.165, 1.54) is 17.0 Å². The number of nitrogens with zero attached hydrogens (tertiary/aromatic N) is 1. The summed E-state index contributed by atoms with van der Waals surface area (Å²) in [6, 6.07) is 12.5. The van der Waals surface area contributed by atoms with Gasteiger partial charge in [-0.2, -0.15) is 0 Å². The van der Waals surface area contributed by atoms with Crippen LogP contribution in [0.25, 0.3) is 11.3 Å². The Hall–Kier alpha value is -1.70. The van der Waals surface area contributed by atoms with Crippen LogP contribution in [0.2, 0.25) is 0 Å². The van der Waals surface area contributed by atoms with Crippen LogP contribution >= 0.6 is 0 Å². The largest absolute Gasteiger partial charge is 0.494 e. The van der Waals surface area contributed by atoms with E-state index in [0.29, 0.717) is 6.61 Å². The zero-order valence-electron chi connectivity index (χ0n) is 10.0. The summed E-state index contributed by atoms with van der Waals surface area (Å²) < 4.78 is 7.62. The average Bonchev–Trinajstić information content (AvgIpc) is 2.62. The van der Waals surface area contributed by atoms with Crippen LogP contribution in [0, 0.1) is 6.92 Å². The molecule has 0 bridgehead atoms. The fourth-order valence-electron chi connectivity index (χ4n) is 1.79. The van der Waals surface area contributed by atoms with E-state index in [0.717, 1.165) is 5.75 Å². The number of hydrogen-bond donors (Lipinski definition) is 0. The molecule has 0 aliphatic rings. The maximum absolute atomic E-state index is 5.43. The van der Waals surface area contributed by atoms with Crippen LogP contribution in [-0.4, -0.2) is 11.2 Å². The van der Waals surface area contributed by atoms with Gasteiger partial charge >= 0.3 is 0 Å². The first-order chi connectivity index (χ1) is 7.72. The highest BCUT2D eigenvalue weighted by Crippen LogP contribution is 2.23. The van der Waals surface area contributed by atoms with Gasteiger partial charge in [-0.25, -0.2) is 0 Å². The summed E-state index contributed by atoms with van der Waals surface area (Å²) in [6.07, 6.45) is 0. The van der Waals surface area contributed by atoms with Crippen molar-refractivity contribution in [3.8, 4) is 17.0 Å². The molecule has 1 aromatic heterocycles. The van der Waals surface area contributed by atoms with Crippen LogP contribution in [0.1, 0.15) is 12.6 Å². The molecule has 16 heavy (non-hydrogen) atoms. The van der Waals surface area contributed by atoms with E-state index in [-0.39, 0.29) is 0 Å². The third-order valence-electron chi connectivity index (χ3n) is 2.83. The molecule has 2 aromatic rings. The number of hydrogen-bond acceptors (Lipinski definition) is 1. The Kier molecular flexibility index (Phi) is 3.00. The van der Waals surface area contributed by atoms with Gasteiger partial charge in [-0.3, -0.25) is 0 Å². The molecular formula is C14H17NO. The van der Waals surface area contributed by atoms with Gasteiger partial charge in [0, 0.05) is 18.4 Å². The molecule has 84 valence electrons. The molecule has 0 saturated carbocycles. The normalized spacial score (nSPS) is 10.4. The molecule has 2 heteroatoms. The van der Waals surface area contributed by atoms with Crippen molar-refractivity contribution in [1.29, 1.82) is 0 Å². The molecule has 0 aliphatic carbocycles. The van der Waals surface area contributed by atoms with Gasteiger partial charge in [-0.05, 0) is 55.8 Å². The Balaban J connectivity index is 2.31. The Bertz CT molecular complexity index is 468. The van der Waals surface area contributed by atoms with Crippen LogP contribution in [0.15, 0.2) is 36.4 Å². The summed E-state index contributed by atoms with van der Waals surface area (Å²) in [6.45, 7) is 4.81. The van der Waals surface area contributed by atoms with Gasteiger partial charge in [0.25, 0.3) is 0 Å². The van der Waals surface area contributed by atoms with Crippen LogP contribution in [-0.2, 0) is 7.05 Å². The number of aromatic nitrogens is 1. The molecule has 0 amide bonds. The van der Waals surface area contributed by atoms with Gasteiger partial charge in [-0.1, -0.05) is 0 Å². The number of benzene rings is 1. The number of aryl methyl sites for hydroxylation is 1. The molecule has 0 aliphatic heterocycles. The highest BCUT2D eigenvalue weighted by Gasteiger charge is 2.03. The Morgan fingerprint density at radius 3 is 2.25 bits per heavy atom. The fourth-order valence-corrected chi connectivity index (χ4v) is 1.79. The lowest BCUT2D eigenvalue weighted by molar-refractivity contribution is 0.340. The second-order valence-electron chi connectivity index (χ2n) is 3.88. The van der Waals surface area contributed by atoms with Crippen molar-refractivity contribution in [2.24, 2.45) is 7.05 Å². The number of ether oxygens (including phenoxy) is 1. The molecule has 0 fully saturated rings. The van der Waals surface area contributed by atoms with Crippen LogP contribution < -0.4 is 4.74 Å². The molecule has 0 atom stereocenters. The fraction of sp³-hybridized carbons (Fsp3) is 0.286. The molecule has 1 heterocycles. The molecule has 0 radical (unpaired) electrons. The maximum atomic E-state index is 5.43. The molecule has 2 rings (SSSR count). The van der Waals surface area contributed by atoms with E-state index in [2.05, 4.69) is 42.8 Å². The van der Waals surface area contributed by atoms with Crippen molar-refractivity contribution in [1.82, 2.24) is 4.57 Å². The molecule has 0 N–H and O–H groups in total. The zero-order valence-corrected chi connectivity index (χ0v) is 10.0. The summed E-state index contributed by atoms with van der Waals surface area (Å²) in [5.74, 6) is 0.928. The molecule has 0 unspecified atom stereocenters. The molecule has 2 nitrogen and oxygen atoms in total. The van der Waals surface area contributed by atoms with Crippen molar-refractivity contribution in [2.45, 2.75) is 13.8 Å². The summed E-state index contributed by atoms with van der Waals surface area (Å²) in [7, 11) is 2.08. The molecular weight excluding hydrogens is 198 g/mol. The lowest BCUT2D eigenvalue weighted by atomic mass is 10.1.